The number of aromatic nitrogens is 1. The van der Waals surface area contributed by atoms with Crippen molar-refractivity contribution in [2.24, 2.45) is 0 Å². The van der Waals surface area contributed by atoms with Crippen LogP contribution >= 0.6 is 0 Å². The highest BCUT2D eigenvalue weighted by atomic mass is 16.5. The zero-order valence-electron chi connectivity index (χ0n) is 15.8. The first-order chi connectivity index (χ1) is 13.6. The summed E-state index contributed by atoms with van der Waals surface area (Å²) in [6.45, 7) is 1.50. The van der Waals surface area contributed by atoms with Gasteiger partial charge in [0.25, 0.3) is 0 Å². The number of allylic oxidation sites excluding steroid dienone is 1. The number of methoxy groups -OCH3 is 1. The van der Waals surface area contributed by atoms with E-state index < -0.39 is 0 Å². The molecule has 140 valence electrons. The van der Waals surface area contributed by atoms with Crippen LogP contribution in [-0.2, 0) is 11.2 Å². The highest BCUT2D eigenvalue weighted by Gasteiger charge is 2.20. The van der Waals surface area contributed by atoms with Gasteiger partial charge >= 0.3 is 0 Å². The maximum atomic E-state index is 11.2. The van der Waals surface area contributed by atoms with Crippen LogP contribution in [0, 0.1) is 0 Å². The Balaban J connectivity index is 1.61. The Morgan fingerprint density at radius 1 is 1.04 bits per heavy atom. The molecule has 0 saturated heterocycles. The average Bonchev–Trinajstić information content (AvgIpc) is 3.14. The van der Waals surface area contributed by atoms with E-state index in [1.807, 2.05) is 48.7 Å². The SMILES string of the molecule is COc1ccccc1C1=Cc2c(ccnc2Nc2ccc(NC(C)=O)cc2)C1. The third-order valence-electron chi connectivity index (χ3n) is 4.70. The molecule has 4 rings (SSSR count). The second-order valence-corrected chi connectivity index (χ2v) is 6.66. The first-order valence-electron chi connectivity index (χ1n) is 9.10. The van der Waals surface area contributed by atoms with E-state index in [0.29, 0.717) is 0 Å². The largest absolute Gasteiger partial charge is 0.496 e. The molecule has 1 heterocycles. The molecule has 0 unspecified atom stereocenters. The highest BCUT2D eigenvalue weighted by Crippen LogP contribution is 2.38. The van der Waals surface area contributed by atoms with Crippen molar-refractivity contribution in [1.29, 1.82) is 0 Å². The summed E-state index contributed by atoms with van der Waals surface area (Å²) in [6.07, 6.45) is 4.84. The fourth-order valence-corrected chi connectivity index (χ4v) is 3.42. The molecule has 2 N–H and O–H groups in total. The molecule has 3 aromatic rings. The average molecular weight is 371 g/mol. The Labute approximate surface area is 164 Å². The molecule has 0 saturated carbocycles. The number of rotatable bonds is 5. The predicted molar refractivity (Wildman–Crippen MR) is 113 cm³/mol. The molecule has 28 heavy (non-hydrogen) atoms. The number of fused-ring (bicyclic) bond motifs is 1. The number of benzene rings is 2. The number of pyridine rings is 1. The maximum Gasteiger partial charge on any atom is 0.221 e. The fraction of sp³-hybridized carbons (Fsp3) is 0.130. The van der Waals surface area contributed by atoms with Crippen LogP contribution in [0.15, 0.2) is 60.8 Å². The van der Waals surface area contributed by atoms with Gasteiger partial charge in [-0.25, -0.2) is 4.98 Å². The van der Waals surface area contributed by atoms with Gasteiger partial charge in [0.15, 0.2) is 0 Å². The summed E-state index contributed by atoms with van der Waals surface area (Å²) in [5.74, 6) is 1.60. The number of para-hydroxylation sites is 1. The lowest BCUT2D eigenvalue weighted by Crippen LogP contribution is -2.05. The van der Waals surface area contributed by atoms with E-state index in [-0.39, 0.29) is 5.91 Å². The van der Waals surface area contributed by atoms with Crippen molar-refractivity contribution in [1.82, 2.24) is 4.98 Å². The van der Waals surface area contributed by atoms with Gasteiger partial charge in [0.1, 0.15) is 11.6 Å². The van der Waals surface area contributed by atoms with Crippen molar-refractivity contribution in [3.05, 3.63) is 77.5 Å². The van der Waals surface area contributed by atoms with Gasteiger partial charge in [-0.2, -0.15) is 0 Å². The van der Waals surface area contributed by atoms with Crippen molar-refractivity contribution in [2.45, 2.75) is 13.3 Å². The number of nitrogens with one attached hydrogen (secondary N) is 2. The topological polar surface area (TPSA) is 63.2 Å². The summed E-state index contributed by atoms with van der Waals surface area (Å²) >= 11 is 0. The minimum absolute atomic E-state index is 0.0859. The Bertz CT molecular complexity index is 1060. The van der Waals surface area contributed by atoms with Gasteiger partial charge in [-0.15, -0.1) is 0 Å². The quantitative estimate of drug-likeness (QED) is 0.670. The van der Waals surface area contributed by atoms with Crippen LogP contribution in [0.2, 0.25) is 0 Å². The molecule has 2 aromatic carbocycles. The Kier molecular flexibility index (Phi) is 4.81. The van der Waals surface area contributed by atoms with E-state index in [1.54, 1.807) is 7.11 Å². The lowest BCUT2D eigenvalue weighted by atomic mass is 10.0. The van der Waals surface area contributed by atoms with Crippen molar-refractivity contribution in [3.63, 3.8) is 0 Å². The van der Waals surface area contributed by atoms with Crippen molar-refractivity contribution in [3.8, 4) is 5.75 Å². The number of amides is 1. The van der Waals surface area contributed by atoms with Crippen molar-refractivity contribution >= 4 is 34.7 Å². The number of carbonyl (C=O) groups is 1. The predicted octanol–water partition coefficient (Wildman–Crippen LogP) is 4.89. The van der Waals surface area contributed by atoms with Gasteiger partial charge in [-0.05, 0) is 60.0 Å². The molecule has 0 aliphatic heterocycles. The highest BCUT2D eigenvalue weighted by molar-refractivity contribution is 5.94. The smallest absolute Gasteiger partial charge is 0.221 e. The molecule has 5 nitrogen and oxygen atoms in total. The Hall–Kier alpha value is -3.60. The molecule has 0 bridgehead atoms. The molecular weight excluding hydrogens is 350 g/mol. The fourth-order valence-electron chi connectivity index (χ4n) is 3.42. The van der Waals surface area contributed by atoms with E-state index in [0.717, 1.165) is 40.5 Å². The minimum atomic E-state index is -0.0859. The van der Waals surface area contributed by atoms with Gasteiger partial charge in [-0.3, -0.25) is 4.79 Å². The molecule has 1 aliphatic rings. The third-order valence-corrected chi connectivity index (χ3v) is 4.70. The van der Waals surface area contributed by atoms with Crippen LogP contribution in [-0.4, -0.2) is 18.0 Å². The van der Waals surface area contributed by atoms with Crippen LogP contribution in [0.5, 0.6) is 5.75 Å². The summed E-state index contributed by atoms with van der Waals surface area (Å²) in [6, 6.07) is 17.7. The second-order valence-electron chi connectivity index (χ2n) is 6.66. The van der Waals surface area contributed by atoms with Crippen LogP contribution in [0.4, 0.5) is 17.2 Å². The monoisotopic (exact) mass is 371 g/mol. The summed E-state index contributed by atoms with van der Waals surface area (Å²) in [4.78, 5) is 15.7. The first kappa shape index (κ1) is 17.8. The molecular formula is C23H21N3O2. The summed E-state index contributed by atoms with van der Waals surface area (Å²) in [5.41, 5.74) is 6.32. The standard InChI is InChI=1S/C23H21N3O2/c1-15(27)25-18-7-9-19(10-8-18)26-23-21-14-17(13-16(21)11-12-24-23)20-5-3-4-6-22(20)28-2/h3-12,14H,13H2,1-2H3,(H,24,26)(H,25,27). The lowest BCUT2D eigenvalue weighted by molar-refractivity contribution is -0.114. The zero-order chi connectivity index (χ0) is 19.5. The molecule has 1 aliphatic carbocycles. The number of hydrogen-bond acceptors (Lipinski definition) is 4. The second kappa shape index (κ2) is 7.56. The Morgan fingerprint density at radius 2 is 1.79 bits per heavy atom. The summed E-state index contributed by atoms with van der Waals surface area (Å²) < 4.78 is 5.52. The number of anilines is 3. The van der Waals surface area contributed by atoms with Crippen LogP contribution in [0.25, 0.3) is 11.6 Å². The van der Waals surface area contributed by atoms with Gasteiger partial charge in [0.2, 0.25) is 5.91 Å². The van der Waals surface area contributed by atoms with Crippen LogP contribution in [0.1, 0.15) is 23.6 Å². The molecule has 0 radical (unpaired) electrons. The van der Waals surface area contributed by atoms with Crippen molar-refractivity contribution < 1.29 is 9.53 Å². The minimum Gasteiger partial charge on any atom is -0.496 e. The number of hydrogen-bond donors (Lipinski definition) is 2. The number of carbonyl (C=O) groups excluding carboxylic acids is 1. The van der Waals surface area contributed by atoms with Crippen LogP contribution < -0.4 is 15.4 Å². The van der Waals surface area contributed by atoms with E-state index >= 15 is 0 Å². The van der Waals surface area contributed by atoms with E-state index in [4.69, 9.17) is 4.74 Å². The molecule has 1 amide bonds. The number of nitrogens with zero attached hydrogens (tertiary/aromatic N) is 1. The normalized spacial score (nSPS) is 12.1. The zero-order valence-corrected chi connectivity index (χ0v) is 15.8. The molecule has 1 aromatic heterocycles. The Morgan fingerprint density at radius 3 is 2.54 bits per heavy atom. The van der Waals surface area contributed by atoms with Gasteiger partial charge < -0.3 is 15.4 Å². The first-order valence-corrected chi connectivity index (χ1v) is 9.10. The van der Waals surface area contributed by atoms with Gasteiger partial charge in [0, 0.05) is 35.6 Å². The van der Waals surface area contributed by atoms with E-state index in [1.165, 1.54) is 18.1 Å². The van der Waals surface area contributed by atoms with E-state index in [9.17, 15) is 4.79 Å². The van der Waals surface area contributed by atoms with Crippen molar-refractivity contribution in [2.75, 3.05) is 17.7 Å². The number of ether oxygens (including phenoxy) is 1. The summed E-state index contributed by atoms with van der Waals surface area (Å²) in [7, 11) is 1.70. The molecule has 0 atom stereocenters. The third kappa shape index (κ3) is 3.60. The molecule has 0 spiro atoms. The van der Waals surface area contributed by atoms with Gasteiger partial charge in [-0.1, -0.05) is 18.2 Å². The molecule has 5 heteroatoms. The molecule has 0 fully saturated rings. The lowest BCUT2D eigenvalue weighted by Gasteiger charge is -2.10. The van der Waals surface area contributed by atoms with E-state index in [2.05, 4.69) is 33.8 Å². The van der Waals surface area contributed by atoms with Crippen LogP contribution in [0.3, 0.4) is 0 Å². The maximum absolute atomic E-state index is 11.2. The summed E-state index contributed by atoms with van der Waals surface area (Å²) in [5, 5.41) is 6.15. The van der Waals surface area contributed by atoms with Gasteiger partial charge in [0.05, 0.1) is 7.11 Å².